The van der Waals surface area contributed by atoms with Gasteiger partial charge in [0.05, 0.1) is 5.57 Å². The fourth-order valence-electron chi connectivity index (χ4n) is 4.57. The Balaban J connectivity index is 1.45. The predicted octanol–water partition coefficient (Wildman–Crippen LogP) is 1.97. The highest BCUT2D eigenvalue weighted by Gasteiger charge is 2.50. The standard InChI is InChI=1S/C24H29N4O9P/c1-24(2)9-16(29)15(17(30)10-24)11-26-13-4-3-5-14(8-13)35-12-18-21(37-38(33)34)20(31)22(36-18)28-7-6-19(25)27-23(28)32/h5-8,11,18,20-22,31H,3-4,9-10,12H2,1-2H3,(H3-,25,26,27,29,30,32,33,34)/p+1/t18-,20-,21-,22-/m1/s1. The Labute approximate surface area is 218 Å². The van der Waals surface area contributed by atoms with Gasteiger partial charge in [0.15, 0.2) is 18.1 Å². The number of aliphatic hydroxyl groups excluding tert-OH is 2. The van der Waals surface area contributed by atoms with Gasteiger partial charge in [-0.05, 0) is 30.4 Å². The normalized spacial score (nSPS) is 27.9. The molecule has 5 N–H and O–H groups in total. The number of carbonyl (C=O) groups excluding carboxylic acids is 1. The number of Topliss-reactive ketones (excluding diaryl/α,β-unsaturated/α-hetero) is 1. The fraction of sp³-hybridized carbons (Fsp3) is 0.500. The van der Waals surface area contributed by atoms with Crippen LogP contribution in [0.25, 0.3) is 0 Å². The van der Waals surface area contributed by atoms with Crippen molar-refractivity contribution in [1.82, 2.24) is 9.55 Å². The number of nitrogen functional groups attached to an aromatic ring is 1. The Morgan fingerprint density at radius 1 is 1.37 bits per heavy atom. The first-order chi connectivity index (χ1) is 17.9. The van der Waals surface area contributed by atoms with E-state index in [1.807, 2.05) is 19.9 Å². The SMILES string of the molecule is CC1(C)CC(=O)C(C=NC2=CC(OC[C@H]3O[C@@H](n4ccc(N)nc4=O)[C@H](O)[C@@H]3O[P+](=O)O)=CCC2)=C(O)C1. The number of ether oxygens (including phenoxy) is 2. The first-order valence-corrected chi connectivity index (χ1v) is 13.1. The van der Waals surface area contributed by atoms with Crippen LogP contribution in [0.5, 0.6) is 0 Å². The number of aliphatic imine (C=N–C) groups is 1. The number of aromatic nitrogens is 2. The van der Waals surface area contributed by atoms with E-state index < -0.39 is 38.5 Å². The third-order valence-electron chi connectivity index (χ3n) is 6.37. The number of ketones is 1. The van der Waals surface area contributed by atoms with Crippen molar-refractivity contribution in [2.24, 2.45) is 10.4 Å². The number of hydrogen-bond donors (Lipinski definition) is 4. The van der Waals surface area contributed by atoms with Crippen molar-refractivity contribution in [2.45, 2.75) is 64.1 Å². The Morgan fingerprint density at radius 2 is 2.13 bits per heavy atom. The van der Waals surface area contributed by atoms with Crippen LogP contribution in [0.1, 0.15) is 45.8 Å². The Morgan fingerprint density at radius 3 is 2.82 bits per heavy atom. The number of aliphatic hydroxyl groups is 2. The van der Waals surface area contributed by atoms with Crippen LogP contribution in [0.3, 0.4) is 0 Å². The molecule has 204 valence electrons. The predicted molar refractivity (Wildman–Crippen MR) is 135 cm³/mol. The topological polar surface area (TPSA) is 196 Å². The number of anilines is 1. The van der Waals surface area contributed by atoms with Crippen LogP contribution in [0, 0.1) is 5.41 Å². The maximum atomic E-state index is 12.4. The monoisotopic (exact) mass is 549 g/mol. The Kier molecular flexibility index (Phi) is 8.24. The molecular formula is C24H30N4O9P+. The van der Waals surface area contributed by atoms with Crippen LogP contribution >= 0.6 is 8.25 Å². The summed E-state index contributed by atoms with van der Waals surface area (Å²) in [6.45, 7) is 3.65. The number of allylic oxidation sites excluding steroid dienone is 5. The summed E-state index contributed by atoms with van der Waals surface area (Å²) < 4.78 is 29.0. The van der Waals surface area contributed by atoms with Crippen molar-refractivity contribution in [3.05, 3.63) is 57.7 Å². The summed E-state index contributed by atoms with van der Waals surface area (Å²) in [5.74, 6) is 0.273. The zero-order valence-electron chi connectivity index (χ0n) is 20.9. The van der Waals surface area contributed by atoms with E-state index in [0.29, 0.717) is 37.1 Å². The molecule has 0 spiro atoms. The molecule has 0 aromatic carbocycles. The lowest BCUT2D eigenvalue weighted by molar-refractivity contribution is -0.117. The molecule has 1 aromatic rings. The van der Waals surface area contributed by atoms with Gasteiger partial charge in [-0.2, -0.15) is 4.98 Å². The molecule has 1 aromatic heterocycles. The second-order valence-corrected chi connectivity index (χ2v) is 10.7. The molecule has 3 aliphatic rings. The quantitative estimate of drug-likeness (QED) is 0.273. The van der Waals surface area contributed by atoms with Crippen molar-refractivity contribution >= 4 is 26.1 Å². The molecule has 0 bridgehead atoms. The summed E-state index contributed by atoms with van der Waals surface area (Å²) >= 11 is 0. The number of carbonyl (C=O) groups is 1. The van der Waals surface area contributed by atoms with Crippen molar-refractivity contribution < 1.29 is 38.5 Å². The van der Waals surface area contributed by atoms with Gasteiger partial charge in [0, 0.05) is 41.6 Å². The minimum absolute atomic E-state index is 0.0115. The molecule has 0 radical (unpaired) electrons. The Hall–Kier alpha value is -3.22. The molecule has 2 heterocycles. The summed E-state index contributed by atoms with van der Waals surface area (Å²) in [6, 6.07) is 1.35. The van der Waals surface area contributed by atoms with Gasteiger partial charge in [0.2, 0.25) is 0 Å². The van der Waals surface area contributed by atoms with Gasteiger partial charge in [-0.3, -0.25) is 14.4 Å². The molecule has 38 heavy (non-hydrogen) atoms. The molecule has 5 atom stereocenters. The maximum absolute atomic E-state index is 12.4. The molecule has 0 saturated carbocycles. The minimum atomic E-state index is -3.09. The highest BCUT2D eigenvalue weighted by molar-refractivity contribution is 7.32. The largest absolute Gasteiger partial charge is 0.695 e. The first-order valence-electron chi connectivity index (χ1n) is 12.0. The van der Waals surface area contributed by atoms with E-state index in [9.17, 15) is 29.3 Å². The smallest absolute Gasteiger partial charge is 0.511 e. The Bertz CT molecular complexity index is 1300. The number of hydrogen-bond acceptors (Lipinski definition) is 11. The summed E-state index contributed by atoms with van der Waals surface area (Å²) in [4.78, 5) is 41.9. The van der Waals surface area contributed by atoms with E-state index in [2.05, 4.69) is 9.98 Å². The van der Waals surface area contributed by atoms with Gasteiger partial charge in [0.1, 0.15) is 36.2 Å². The molecule has 13 nitrogen and oxygen atoms in total. The lowest BCUT2D eigenvalue weighted by atomic mass is 9.77. The zero-order valence-corrected chi connectivity index (χ0v) is 21.8. The summed E-state index contributed by atoms with van der Waals surface area (Å²) in [6.07, 6.45) is 3.01. The van der Waals surface area contributed by atoms with E-state index in [4.69, 9.17) is 19.7 Å². The molecule has 1 fully saturated rings. The van der Waals surface area contributed by atoms with Crippen molar-refractivity contribution in [3.63, 3.8) is 0 Å². The average Bonchev–Trinajstić information content (AvgIpc) is 3.11. The molecule has 2 aliphatic carbocycles. The second-order valence-electron chi connectivity index (χ2n) is 10.1. The number of nitrogens with two attached hydrogens (primary N) is 1. The second kappa shape index (κ2) is 11.3. The van der Waals surface area contributed by atoms with Crippen LogP contribution in [0.2, 0.25) is 0 Å². The van der Waals surface area contributed by atoms with Gasteiger partial charge in [-0.1, -0.05) is 13.8 Å². The van der Waals surface area contributed by atoms with Crippen LogP contribution < -0.4 is 11.4 Å². The van der Waals surface area contributed by atoms with Gasteiger partial charge >= 0.3 is 13.9 Å². The summed E-state index contributed by atoms with van der Waals surface area (Å²) in [7, 11) is -3.09. The zero-order chi connectivity index (χ0) is 27.6. The fourth-order valence-corrected chi connectivity index (χ4v) is 5.04. The molecule has 1 aliphatic heterocycles. The molecule has 4 rings (SSSR count). The number of rotatable bonds is 8. The minimum Gasteiger partial charge on any atom is -0.511 e. The van der Waals surface area contributed by atoms with E-state index in [1.165, 1.54) is 18.5 Å². The van der Waals surface area contributed by atoms with Crippen molar-refractivity contribution in [2.75, 3.05) is 12.3 Å². The number of nitrogens with zero attached hydrogens (tertiary/aromatic N) is 3. The molecule has 1 unspecified atom stereocenters. The van der Waals surface area contributed by atoms with Gasteiger partial charge in [-0.25, -0.2) is 4.79 Å². The lowest BCUT2D eigenvalue weighted by Crippen LogP contribution is -2.37. The third-order valence-corrected chi connectivity index (χ3v) is 6.80. The van der Waals surface area contributed by atoms with Crippen molar-refractivity contribution in [1.29, 1.82) is 0 Å². The summed E-state index contributed by atoms with van der Waals surface area (Å²) in [5, 5.41) is 21.0. The van der Waals surface area contributed by atoms with Gasteiger partial charge < -0.3 is 25.4 Å². The van der Waals surface area contributed by atoms with Crippen LogP contribution in [-0.4, -0.2) is 61.6 Å². The van der Waals surface area contributed by atoms with E-state index in [1.54, 1.807) is 6.08 Å². The summed E-state index contributed by atoms with van der Waals surface area (Å²) in [5.41, 5.74) is 5.26. The van der Waals surface area contributed by atoms with Gasteiger partial charge in [-0.15, -0.1) is 9.42 Å². The molecule has 14 heteroatoms. The highest BCUT2D eigenvalue weighted by Crippen LogP contribution is 2.37. The van der Waals surface area contributed by atoms with Crippen LogP contribution in [0.4, 0.5) is 5.82 Å². The maximum Gasteiger partial charge on any atom is 0.695 e. The van der Waals surface area contributed by atoms with Crippen LogP contribution in [0.15, 0.2) is 57.0 Å². The van der Waals surface area contributed by atoms with E-state index >= 15 is 0 Å². The van der Waals surface area contributed by atoms with E-state index in [-0.39, 0.29) is 35.0 Å². The van der Waals surface area contributed by atoms with Gasteiger partial charge in [0.25, 0.3) is 0 Å². The highest BCUT2D eigenvalue weighted by atomic mass is 31.1. The van der Waals surface area contributed by atoms with Crippen LogP contribution in [-0.2, 0) is 23.4 Å². The average molecular weight is 549 g/mol. The first kappa shape index (κ1) is 27.8. The van der Waals surface area contributed by atoms with E-state index in [0.717, 1.165) is 4.57 Å². The molecule has 1 saturated heterocycles. The van der Waals surface area contributed by atoms with Crippen molar-refractivity contribution in [3.8, 4) is 0 Å². The third kappa shape index (κ3) is 6.43. The lowest BCUT2D eigenvalue weighted by Gasteiger charge is -2.28. The molecule has 0 amide bonds. The molecular weight excluding hydrogens is 519 g/mol.